The number of aryl methyl sites for hydroxylation is 1. The van der Waals surface area contributed by atoms with Crippen molar-refractivity contribution in [1.82, 2.24) is 4.90 Å². The fourth-order valence-corrected chi connectivity index (χ4v) is 1.98. The molecule has 1 rings (SSSR count). The molecule has 2 amide bonds. The molecular weight excluding hydrogens is 252 g/mol. The van der Waals surface area contributed by atoms with Crippen LogP contribution in [0.15, 0.2) is 24.3 Å². The normalized spacial score (nSPS) is 10.2. The molecule has 1 N–H and O–H groups in total. The zero-order chi connectivity index (χ0) is 15.0. The highest BCUT2D eigenvalue weighted by Crippen LogP contribution is 2.10. The first kappa shape index (κ1) is 16.2. The summed E-state index contributed by atoms with van der Waals surface area (Å²) in [5.41, 5.74) is 2.05. The fourth-order valence-electron chi connectivity index (χ4n) is 1.98. The lowest BCUT2D eigenvalue weighted by atomic mass is 10.1. The number of carbonyl (C=O) groups excluding carboxylic acids is 2. The van der Waals surface area contributed by atoms with E-state index in [9.17, 15) is 9.59 Å². The second-order valence-corrected chi connectivity index (χ2v) is 4.85. The summed E-state index contributed by atoms with van der Waals surface area (Å²) >= 11 is 0. The first-order chi connectivity index (χ1) is 9.56. The van der Waals surface area contributed by atoms with Crippen LogP contribution >= 0.6 is 0 Å². The van der Waals surface area contributed by atoms with Gasteiger partial charge in [-0.1, -0.05) is 26.0 Å². The average Bonchev–Trinajstić information content (AvgIpc) is 2.44. The molecule has 0 atom stereocenters. The zero-order valence-corrected chi connectivity index (χ0v) is 12.6. The van der Waals surface area contributed by atoms with Crippen LogP contribution in [0.3, 0.4) is 0 Å². The zero-order valence-electron chi connectivity index (χ0n) is 12.6. The first-order valence-corrected chi connectivity index (χ1v) is 7.21. The third-order valence-corrected chi connectivity index (χ3v) is 3.19. The number of hydrogen-bond donors (Lipinski definition) is 1. The van der Waals surface area contributed by atoms with Crippen LogP contribution in [0.25, 0.3) is 0 Å². The molecule has 0 aromatic heterocycles. The summed E-state index contributed by atoms with van der Waals surface area (Å²) in [5, 5.41) is 2.85. The molecule has 0 spiro atoms. The van der Waals surface area contributed by atoms with Crippen molar-refractivity contribution in [1.29, 1.82) is 0 Å². The van der Waals surface area contributed by atoms with Crippen LogP contribution in [0.1, 0.15) is 39.2 Å². The number of rotatable bonds is 7. The summed E-state index contributed by atoms with van der Waals surface area (Å²) in [6.45, 7) is 6.83. The molecule has 0 fully saturated rings. The Morgan fingerprint density at radius 2 is 1.75 bits per heavy atom. The van der Waals surface area contributed by atoms with Crippen molar-refractivity contribution in [2.75, 3.05) is 18.4 Å². The van der Waals surface area contributed by atoms with Crippen LogP contribution in [0.2, 0.25) is 0 Å². The van der Waals surface area contributed by atoms with Crippen molar-refractivity contribution in [3.8, 4) is 0 Å². The maximum Gasteiger partial charge on any atom is 0.226 e. The molecule has 110 valence electrons. The molecule has 0 aliphatic carbocycles. The summed E-state index contributed by atoms with van der Waals surface area (Å²) < 4.78 is 0. The summed E-state index contributed by atoms with van der Waals surface area (Å²) in [4.78, 5) is 24.9. The van der Waals surface area contributed by atoms with Crippen LogP contribution in [0.4, 0.5) is 5.69 Å². The number of nitrogens with zero attached hydrogens (tertiary/aromatic N) is 1. The van der Waals surface area contributed by atoms with Gasteiger partial charge in [-0.3, -0.25) is 9.59 Å². The van der Waals surface area contributed by atoms with Crippen LogP contribution < -0.4 is 5.32 Å². The van der Waals surface area contributed by atoms with E-state index in [2.05, 4.69) is 12.2 Å². The third kappa shape index (κ3) is 5.43. The minimum Gasteiger partial charge on any atom is -0.342 e. The van der Waals surface area contributed by atoms with E-state index in [1.807, 2.05) is 31.2 Å². The predicted molar refractivity (Wildman–Crippen MR) is 81.6 cm³/mol. The molecule has 0 heterocycles. The van der Waals surface area contributed by atoms with Gasteiger partial charge in [-0.15, -0.1) is 0 Å². The van der Waals surface area contributed by atoms with Gasteiger partial charge in [0.25, 0.3) is 0 Å². The highest BCUT2D eigenvalue weighted by atomic mass is 16.2. The van der Waals surface area contributed by atoms with Gasteiger partial charge in [0.05, 0.1) is 0 Å². The lowest BCUT2D eigenvalue weighted by molar-refractivity contribution is -0.129. The molecule has 1 aromatic carbocycles. The molecule has 0 aliphatic rings. The van der Waals surface area contributed by atoms with Gasteiger partial charge >= 0.3 is 0 Å². The third-order valence-electron chi connectivity index (χ3n) is 3.19. The largest absolute Gasteiger partial charge is 0.342 e. The van der Waals surface area contributed by atoms with Crippen molar-refractivity contribution in [3.63, 3.8) is 0 Å². The Kier molecular flexibility index (Phi) is 6.77. The minimum absolute atomic E-state index is 0.0203. The van der Waals surface area contributed by atoms with Crippen molar-refractivity contribution in [3.05, 3.63) is 29.8 Å². The number of nitrogens with one attached hydrogen (secondary N) is 1. The summed E-state index contributed by atoms with van der Waals surface area (Å²) in [7, 11) is 0. The van der Waals surface area contributed by atoms with E-state index in [4.69, 9.17) is 0 Å². The van der Waals surface area contributed by atoms with E-state index in [0.717, 1.165) is 18.5 Å². The molecular formula is C16H24N2O2. The maximum absolute atomic E-state index is 11.8. The highest BCUT2D eigenvalue weighted by Gasteiger charge is 2.10. The molecule has 4 nitrogen and oxygen atoms in total. The highest BCUT2D eigenvalue weighted by molar-refractivity contribution is 5.91. The first-order valence-electron chi connectivity index (χ1n) is 7.21. The quantitative estimate of drug-likeness (QED) is 0.832. The molecule has 20 heavy (non-hydrogen) atoms. The number of benzene rings is 1. The van der Waals surface area contributed by atoms with Gasteiger partial charge in [0.2, 0.25) is 11.8 Å². The Bertz CT molecular complexity index is 440. The number of anilines is 1. The topological polar surface area (TPSA) is 49.4 Å². The molecule has 0 radical (unpaired) electrons. The lowest BCUT2D eigenvalue weighted by Crippen LogP contribution is -2.32. The standard InChI is InChI=1S/C16H24N2O2/c1-4-11-18(13(3)19)12-10-16(20)17-15-8-6-14(5-2)7-9-15/h6-9H,4-5,10-12H2,1-3H3,(H,17,20). The Morgan fingerprint density at radius 3 is 2.25 bits per heavy atom. The molecule has 1 aromatic rings. The van der Waals surface area contributed by atoms with Gasteiger partial charge in [-0.2, -0.15) is 0 Å². The van der Waals surface area contributed by atoms with Gasteiger partial charge in [0, 0.05) is 32.1 Å². The number of carbonyl (C=O) groups is 2. The fraction of sp³-hybridized carbons (Fsp3) is 0.500. The number of amides is 2. The smallest absolute Gasteiger partial charge is 0.226 e. The van der Waals surface area contributed by atoms with Crippen LogP contribution in [-0.4, -0.2) is 29.8 Å². The Balaban J connectivity index is 2.44. The SMILES string of the molecule is CCCN(CCC(=O)Nc1ccc(CC)cc1)C(C)=O. The van der Waals surface area contributed by atoms with Gasteiger partial charge in [-0.05, 0) is 30.5 Å². The average molecular weight is 276 g/mol. The van der Waals surface area contributed by atoms with Crippen molar-refractivity contribution in [2.45, 2.75) is 40.0 Å². The Labute approximate surface area is 121 Å². The number of hydrogen-bond acceptors (Lipinski definition) is 2. The molecule has 0 bridgehead atoms. The van der Waals surface area contributed by atoms with E-state index in [1.165, 1.54) is 12.5 Å². The van der Waals surface area contributed by atoms with E-state index in [-0.39, 0.29) is 11.8 Å². The molecule has 0 unspecified atom stereocenters. The van der Waals surface area contributed by atoms with Crippen LogP contribution in [0.5, 0.6) is 0 Å². The Hall–Kier alpha value is -1.84. The summed E-state index contributed by atoms with van der Waals surface area (Å²) in [5.74, 6) is -0.0384. The van der Waals surface area contributed by atoms with Crippen LogP contribution in [0, 0.1) is 0 Å². The molecule has 4 heteroatoms. The lowest BCUT2D eigenvalue weighted by Gasteiger charge is -2.19. The van der Waals surface area contributed by atoms with E-state index in [0.29, 0.717) is 19.5 Å². The van der Waals surface area contributed by atoms with Gasteiger partial charge < -0.3 is 10.2 Å². The van der Waals surface area contributed by atoms with Crippen molar-refractivity contribution < 1.29 is 9.59 Å². The Morgan fingerprint density at radius 1 is 1.10 bits per heavy atom. The summed E-state index contributed by atoms with van der Waals surface area (Å²) in [6.07, 6.45) is 2.22. The molecule has 0 aliphatic heterocycles. The second-order valence-electron chi connectivity index (χ2n) is 4.85. The van der Waals surface area contributed by atoms with Crippen molar-refractivity contribution in [2.24, 2.45) is 0 Å². The van der Waals surface area contributed by atoms with Gasteiger partial charge in [-0.25, -0.2) is 0 Å². The van der Waals surface area contributed by atoms with Crippen LogP contribution in [-0.2, 0) is 16.0 Å². The molecule has 0 saturated heterocycles. The second kappa shape index (κ2) is 8.35. The minimum atomic E-state index is -0.0587. The van der Waals surface area contributed by atoms with Gasteiger partial charge in [0.1, 0.15) is 0 Å². The monoisotopic (exact) mass is 276 g/mol. The maximum atomic E-state index is 11.8. The predicted octanol–water partition coefficient (Wildman–Crippen LogP) is 2.84. The van der Waals surface area contributed by atoms with E-state index in [1.54, 1.807) is 4.90 Å². The van der Waals surface area contributed by atoms with Crippen molar-refractivity contribution >= 4 is 17.5 Å². The van der Waals surface area contributed by atoms with E-state index >= 15 is 0 Å². The summed E-state index contributed by atoms with van der Waals surface area (Å²) in [6, 6.07) is 7.83. The molecule has 0 saturated carbocycles. The van der Waals surface area contributed by atoms with Gasteiger partial charge in [0.15, 0.2) is 0 Å². The van der Waals surface area contributed by atoms with E-state index < -0.39 is 0 Å².